The first-order chi connectivity index (χ1) is 9.56. The van der Waals surface area contributed by atoms with E-state index >= 15 is 0 Å². The predicted molar refractivity (Wildman–Crippen MR) is 108 cm³/mol. The molecule has 0 fully saturated rings. The Morgan fingerprint density at radius 3 is 1.13 bits per heavy atom. The third-order valence-electron chi connectivity index (χ3n) is 3.94. The first kappa shape index (κ1) is 32.0. The van der Waals surface area contributed by atoms with Crippen molar-refractivity contribution < 1.29 is 26.8 Å². The Bertz CT molecular complexity index is 206. The summed E-state index contributed by atoms with van der Waals surface area (Å²) >= 11 is 0. The fraction of sp³-hybridized carbons (Fsp3) is 1.00. The SMILES string of the molecule is Br.CCCCCCCCCCCCCCCC[P+](C)(O)O.N.[Br-]. The van der Waals surface area contributed by atoms with Crippen molar-refractivity contribution in [3.8, 4) is 0 Å². The van der Waals surface area contributed by atoms with Crippen LogP contribution in [0, 0.1) is 0 Å². The first-order valence-electron chi connectivity index (χ1n) is 8.87. The van der Waals surface area contributed by atoms with E-state index in [0.29, 0.717) is 6.16 Å². The molecule has 0 atom stereocenters. The molecule has 0 saturated heterocycles. The van der Waals surface area contributed by atoms with Gasteiger partial charge in [-0.1, -0.05) is 84.0 Å². The van der Waals surface area contributed by atoms with E-state index in [2.05, 4.69) is 6.92 Å². The Morgan fingerprint density at radius 2 is 0.870 bits per heavy atom. The molecule has 0 rings (SSSR count). The van der Waals surface area contributed by atoms with Crippen LogP contribution in [0.3, 0.4) is 0 Å². The zero-order valence-corrected chi connectivity index (χ0v) is 19.6. The molecule has 5 N–H and O–H groups in total. The van der Waals surface area contributed by atoms with Crippen LogP contribution in [0.4, 0.5) is 0 Å². The Balaban J connectivity index is -0.000000602. The van der Waals surface area contributed by atoms with E-state index < -0.39 is 7.72 Å². The molecular weight excluding hydrogens is 441 g/mol. The highest BCUT2D eigenvalue weighted by Crippen LogP contribution is 2.45. The van der Waals surface area contributed by atoms with Crippen molar-refractivity contribution in [1.82, 2.24) is 6.15 Å². The van der Waals surface area contributed by atoms with Crippen molar-refractivity contribution in [1.29, 1.82) is 0 Å². The number of unbranched alkanes of at least 4 members (excludes halogenated alkanes) is 13. The third kappa shape index (κ3) is 31.5. The van der Waals surface area contributed by atoms with E-state index in [9.17, 15) is 9.79 Å². The Labute approximate surface area is 167 Å². The number of halogens is 2. The van der Waals surface area contributed by atoms with Crippen LogP contribution in [0.1, 0.15) is 96.8 Å². The van der Waals surface area contributed by atoms with Gasteiger partial charge in [0, 0.05) is 0 Å². The van der Waals surface area contributed by atoms with Crippen LogP contribution in [0.2, 0.25) is 0 Å². The van der Waals surface area contributed by atoms with Crippen molar-refractivity contribution in [2.24, 2.45) is 0 Å². The molecule has 23 heavy (non-hydrogen) atoms. The van der Waals surface area contributed by atoms with Crippen LogP contribution in [0.5, 0.6) is 0 Å². The molecule has 0 heterocycles. The Hall–Kier alpha value is 1.27. The molecule has 0 aliphatic heterocycles. The maximum atomic E-state index is 9.28. The second-order valence-electron chi connectivity index (χ2n) is 6.41. The van der Waals surface area contributed by atoms with Crippen molar-refractivity contribution in [2.75, 3.05) is 12.8 Å². The highest BCUT2D eigenvalue weighted by molar-refractivity contribution is 8.93. The average Bonchev–Trinajstić information content (AvgIpc) is 2.38. The third-order valence-corrected chi connectivity index (χ3v) is 5.10. The van der Waals surface area contributed by atoms with Gasteiger partial charge in [0.05, 0.1) is 0 Å². The van der Waals surface area contributed by atoms with E-state index in [1.54, 1.807) is 6.66 Å². The monoisotopic (exact) mass is 481 g/mol. The lowest BCUT2D eigenvalue weighted by Gasteiger charge is -2.06. The smallest absolute Gasteiger partial charge is 0.264 e. The highest BCUT2D eigenvalue weighted by Gasteiger charge is 2.23. The lowest BCUT2D eigenvalue weighted by molar-refractivity contribution is -0.00000817. The van der Waals surface area contributed by atoms with Crippen molar-refractivity contribution in [3.05, 3.63) is 0 Å². The molecule has 0 saturated carbocycles. The minimum atomic E-state index is -2.50. The van der Waals surface area contributed by atoms with E-state index in [1.165, 1.54) is 77.0 Å². The summed E-state index contributed by atoms with van der Waals surface area (Å²) in [5.41, 5.74) is 0. The van der Waals surface area contributed by atoms with Gasteiger partial charge >= 0.3 is 0 Å². The topological polar surface area (TPSA) is 75.5 Å². The van der Waals surface area contributed by atoms with Crippen LogP contribution >= 0.6 is 24.7 Å². The molecule has 0 aromatic heterocycles. The maximum absolute atomic E-state index is 9.28. The molecule has 6 heteroatoms. The summed E-state index contributed by atoms with van der Waals surface area (Å²) in [7, 11) is -2.50. The largest absolute Gasteiger partial charge is 1.00 e. The van der Waals surface area contributed by atoms with Gasteiger partial charge < -0.3 is 23.1 Å². The van der Waals surface area contributed by atoms with Crippen LogP contribution in [0.15, 0.2) is 0 Å². The summed E-state index contributed by atoms with van der Waals surface area (Å²) in [6.45, 7) is 3.85. The lowest BCUT2D eigenvalue weighted by Crippen LogP contribution is -3.00. The van der Waals surface area contributed by atoms with Gasteiger partial charge in [0.1, 0.15) is 12.8 Å². The average molecular weight is 483 g/mol. The number of hydrogen-bond donors (Lipinski definition) is 3. The summed E-state index contributed by atoms with van der Waals surface area (Å²) in [6, 6.07) is 0. The van der Waals surface area contributed by atoms with E-state index in [-0.39, 0.29) is 40.1 Å². The molecule has 146 valence electrons. The molecule has 0 aromatic rings. The van der Waals surface area contributed by atoms with Crippen LogP contribution in [-0.4, -0.2) is 22.6 Å². The van der Waals surface area contributed by atoms with E-state index in [0.717, 1.165) is 12.8 Å². The molecule has 0 spiro atoms. The maximum Gasteiger partial charge on any atom is 0.264 e. The molecule has 0 amide bonds. The molecule has 3 nitrogen and oxygen atoms in total. The standard InChI is InChI=1S/C17H38O2P.2BrH.H3N/c1-3-4-5-6-7-8-9-10-11-12-13-14-15-16-17-20(2,18)19;;;/h18-19H,3-17H2,1-2H3;2*1H;1H3/q+1;;;/p-1. The zero-order valence-electron chi connectivity index (χ0n) is 15.4. The van der Waals surface area contributed by atoms with Gasteiger partial charge in [0.25, 0.3) is 7.72 Å². The molecule has 0 bridgehead atoms. The lowest BCUT2D eigenvalue weighted by atomic mass is 10.0. The van der Waals surface area contributed by atoms with Gasteiger partial charge in [-0.15, -0.1) is 17.0 Å². The quantitative estimate of drug-likeness (QED) is 0.246. The van der Waals surface area contributed by atoms with Gasteiger partial charge in [-0.05, 0) is 12.8 Å². The molecule has 0 radical (unpaired) electrons. The predicted octanol–water partition coefficient (Wildman–Crippen LogP) is 3.67. The van der Waals surface area contributed by atoms with Crippen LogP contribution in [-0.2, 0) is 0 Å². The molecule has 0 aromatic carbocycles. The number of rotatable bonds is 15. The fourth-order valence-corrected chi connectivity index (χ4v) is 3.43. The zero-order chi connectivity index (χ0) is 15.1. The molecular formula is C17H42Br2NO2P. The molecule has 0 aliphatic carbocycles. The van der Waals surface area contributed by atoms with Gasteiger partial charge in [0.15, 0.2) is 0 Å². The van der Waals surface area contributed by atoms with Gasteiger partial charge in [-0.25, -0.2) is 9.79 Å². The summed E-state index contributed by atoms with van der Waals surface area (Å²) < 4.78 is 0. The first-order valence-corrected chi connectivity index (χ1v) is 11.2. The highest BCUT2D eigenvalue weighted by atomic mass is 79.9. The van der Waals surface area contributed by atoms with Gasteiger partial charge in [-0.3, -0.25) is 0 Å². The van der Waals surface area contributed by atoms with Gasteiger partial charge in [0.2, 0.25) is 0 Å². The van der Waals surface area contributed by atoms with Crippen molar-refractivity contribution >= 4 is 24.7 Å². The molecule has 0 unspecified atom stereocenters. The Kier molecular flexibility index (Phi) is 32.4. The molecule has 0 aliphatic rings. The summed E-state index contributed by atoms with van der Waals surface area (Å²) in [5, 5.41) is 0. The Morgan fingerprint density at radius 1 is 0.609 bits per heavy atom. The summed E-state index contributed by atoms with van der Waals surface area (Å²) in [5.74, 6) is 0. The van der Waals surface area contributed by atoms with Crippen LogP contribution in [0.25, 0.3) is 0 Å². The minimum Gasteiger partial charge on any atom is -1.00 e. The van der Waals surface area contributed by atoms with E-state index in [4.69, 9.17) is 0 Å². The summed E-state index contributed by atoms with van der Waals surface area (Å²) in [4.78, 5) is 18.6. The second kappa shape index (κ2) is 23.3. The normalized spacial score (nSPS) is 10.4. The van der Waals surface area contributed by atoms with Crippen molar-refractivity contribution in [2.45, 2.75) is 96.8 Å². The number of hydrogen-bond acceptors (Lipinski definition) is 3. The van der Waals surface area contributed by atoms with E-state index in [1.807, 2.05) is 0 Å². The fourth-order valence-electron chi connectivity index (χ4n) is 2.61. The van der Waals surface area contributed by atoms with Gasteiger partial charge in [-0.2, -0.15) is 0 Å². The summed E-state index contributed by atoms with van der Waals surface area (Å²) in [6.07, 6.45) is 19.4. The minimum absolute atomic E-state index is 0. The van der Waals surface area contributed by atoms with Crippen LogP contribution < -0.4 is 23.1 Å². The van der Waals surface area contributed by atoms with Crippen molar-refractivity contribution in [3.63, 3.8) is 0 Å². The second-order valence-corrected chi connectivity index (χ2v) is 9.03.